The second-order valence-corrected chi connectivity index (χ2v) is 6.14. The first kappa shape index (κ1) is 14.8. The van der Waals surface area contributed by atoms with E-state index in [1.165, 1.54) is 6.08 Å². The Kier molecular flexibility index (Phi) is 3.49. The highest BCUT2D eigenvalue weighted by Crippen LogP contribution is 2.42. The second-order valence-electron chi connectivity index (χ2n) is 6.14. The summed E-state index contributed by atoms with van der Waals surface area (Å²) in [6.07, 6.45) is 6.25. The lowest BCUT2D eigenvalue weighted by atomic mass is 9.85. The van der Waals surface area contributed by atoms with Gasteiger partial charge in [-0.3, -0.25) is 4.79 Å². The molecule has 1 saturated heterocycles. The molecule has 2 aliphatic rings. The molecular weight excluding hydrogens is 306 g/mol. The van der Waals surface area contributed by atoms with Crippen molar-refractivity contribution in [1.82, 2.24) is 4.90 Å². The zero-order valence-corrected chi connectivity index (χ0v) is 13.1. The van der Waals surface area contributed by atoms with Crippen molar-refractivity contribution in [2.24, 2.45) is 0 Å². The number of hydrogen-bond acceptors (Lipinski definition) is 4. The van der Waals surface area contributed by atoms with Crippen LogP contribution in [0, 0.1) is 0 Å². The van der Waals surface area contributed by atoms with Crippen molar-refractivity contribution in [3.63, 3.8) is 0 Å². The van der Waals surface area contributed by atoms with Gasteiger partial charge in [0.15, 0.2) is 5.60 Å². The predicted octanol–water partition coefficient (Wildman–Crippen LogP) is 2.98. The Morgan fingerprint density at radius 1 is 1.21 bits per heavy atom. The van der Waals surface area contributed by atoms with Gasteiger partial charge in [0.25, 0.3) is 0 Å². The van der Waals surface area contributed by atoms with E-state index in [-0.39, 0.29) is 11.9 Å². The third-order valence-corrected chi connectivity index (χ3v) is 4.63. The number of hydrogen-bond donors (Lipinski definition) is 0. The minimum atomic E-state index is -0.708. The van der Waals surface area contributed by atoms with Gasteiger partial charge in [-0.25, -0.2) is 4.79 Å². The quantitative estimate of drug-likeness (QED) is 0.630. The maximum Gasteiger partial charge on any atom is 0.339 e. The molecule has 1 atom stereocenters. The van der Waals surface area contributed by atoms with E-state index in [4.69, 9.17) is 9.15 Å². The molecule has 1 aromatic carbocycles. The van der Waals surface area contributed by atoms with Crippen LogP contribution >= 0.6 is 0 Å². The number of carbonyl (C=O) groups is 2. The number of benzene rings is 1. The third-order valence-electron chi connectivity index (χ3n) is 4.63. The fourth-order valence-electron chi connectivity index (χ4n) is 3.50. The van der Waals surface area contributed by atoms with Crippen LogP contribution in [0.5, 0.6) is 0 Å². The zero-order valence-electron chi connectivity index (χ0n) is 13.1. The van der Waals surface area contributed by atoms with Crippen molar-refractivity contribution in [1.29, 1.82) is 0 Å². The summed E-state index contributed by atoms with van der Waals surface area (Å²) in [5.41, 5.74) is 0.792. The van der Waals surface area contributed by atoms with Crippen LogP contribution in [0.25, 0.3) is 6.08 Å². The van der Waals surface area contributed by atoms with Gasteiger partial charge in [0.2, 0.25) is 5.91 Å². The summed E-state index contributed by atoms with van der Waals surface area (Å²) < 4.78 is 10.9. The lowest BCUT2D eigenvalue weighted by molar-refractivity contribution is -0.133. The molecular formula is C19H17NO4. The van der Waals surface area contributed by atoms with Crippen molar-refractivity contribution in [3.8, 4) is 0 Å². The van der Waals surface area contributed by atoms with Gasteiger partial charge in [-0.1, -0.05) is 18.2 Å². The predicted molar refractivity (Wildman–Crippen MR) is 87.1 cm³/mol. The molecule has 0 N–H and O–H groups in total. The van der Waals surface area contributed by atoms with E-state index >= 15 is 0 Å². The van der Waals surface area contributed by atoms with Crippen molar-refractivity contribution in [2.75, 3.05) is 13.1 Å². The fraction of sp³-hybridized carbons (Fsp3) is 0.263. The maximum absolute atomic E-state index is 12.5. The number of carbonyl (C=O) groups excluding carboxylic acids is 2. The van der Waals surface area contributed by atoms with Crippen LogP contribution in [0.15, 0.2) is 53.2 Å². The van der Waals surface area contributed by atoms with Crippen LogP contribution < -0.4 is 0 Å². The van der Waals surface area contributed by atoms with Crippen LogP contribution in [0.4, 0.5) is 0 Å². The van der Waals surface area contributed by atoms with E-state index in [1.807, 2.05) is 18.2 Å². The number of nitrogens with zero attached hydrogens (tertiary/aromatic N) is 1. The zero-order chi connectivity index (χ0) is 16.6. The van der Waals surface area contributed by atoms with Gasteiger partial charge < -0.3 is 14.1 Å². The van der Waals surface area contributed by atoms with Gasteiger partial charge in [0.1, 0.15) is 5.76 Å². The Morgan fingerprint density at radius 2 is 2.08 bits per heavy atom. The molecule has 0 saturated carbocycles. The maximum atomic E-state index is 12.5. The number of piperidine rings is 1. The minimum Gasteiger partial charge on any atom is -0.465 e. The van der Waals surface area contributed by atoms with Gasteiger partial charge in [0.05, 0.1) is 18.4 Å². The molecule has 122 valence electrons. The number of ether oxygens (including phenoxy) is 1. The summed E-state index contributed by atoms with van der Waals surface area (Å²) in [7, 11) is 0. The highest BCUT2D eigenvalue weighted by Gasteiger charge is 2.48. The molecule has 5 heteroatoms. The van der Waals surface area contributed by atoms with E-state index in [1.54, 1.807) is 35.4 Å². The number of fused-ring (bicyclic) bond motifs is 2. The third kappa shape index (κ3) is 2.42. The Hall–Kier alpha value is -2.82. The Morgan fingerprint density at radius 3 is 2.92 bits per heavy atom. The molecule has 4 rings (SSSR count). The Balaban J connectivity index is 1.56. The summed E-state index contributed by atoms with van der Waals surface area (Å²) in [4.78, 5) is 26.4. The largest absolute Gasteiger partial charge is 0.465 e. The normalized spacial score (nSPS) is 22.8. The van der Waals surface area contributed by atoms with Crippen LogP contribution in [0.2, 0.25) is 0 Å². The molecule has 1 fully saturated rings. The van der Waals surface area contributed by atoms with Gasteiger partial charge in [-0.05, 0) is 37.1 Å². The first-order valence-electron chi connectivity index (χ1n) is 8.01. The average molecular weight is 323 g/mol. The molecule has 0 aliphatic carbocycles. The van der Waals surface area contributed by atoms with Crippen LogP contribution in [-0.4, -0.2) is 29.9 Å². The number of rotatable bonds is 2. The molecule has 2 aliphatic heterocycles. The monoisotopic (exact) mass is 323 g/mol. The van der Waals surface area contributed by atoms with Crippen molar-refractivity contribution in [2.45, 2.75) is 18.4 Å². The van der Waals surface area contributed by atoms with E-state index in [2.05, 4.69) is 0 Å². The van der Waals surface area contributed by atoms with Crippen LogP contribution in [-0.2, 0) is 15.1 Å². The molecule has 1 aromatic heterocycles. The van der Waals surface area contributed by atoms with E-state index < -0.39 is 5.60 Å². The SMILES string of the molecule is O=C1O[C@]2(CCCN(C(=O)/C=C/c3ccco3)C2)c2ccccc21. The van der Waals surface area contributed by atoms with Gasteiger partial charge in [-0.2, -0.15) is 0 Å². The van der Waals surface area contributed by atoms with E-state index in [0.717, 1.165) is 18.4 Å². The van der Waals surface area contributed by atoms with Crippen molar-refractivity contribution in [3.05, 3.63) is 65.6 Å². The Labute approximate surface area is 139 Å². The minimum absolute atomic E-state index is 0.106. The first-order chi connectivity index (χ1) is 11.7. The van der Waals surface area contributed by atoms with Gasteiger partial charge in [-0.15, -0.1) is 0 Å². The van der Waals surface area contributed by atoms with Crippen LogP contribution in [0.3, 0.4) is 0 Å². The number of likely N-dealkylation sites (tertiary alicyclic amines) is 1. The molecule has 0 bridgehead atoms. The van der Waals surface area contributed by atoms with Crippen molar-refractivity contribution < 1.29 is 18.7 Å². The number of amides is 1. The average Bonchev–Trinajstić information content (AvgIpc) is 3.21. The van der Waals surface area contributed by atoms with E-state index in [0.29, 0.717) is 24.4 Å². The molecule has 3 heterocycles. The summed E-state index contributed by atoms with van der Waals surface area (Å²) in [6, 6.07) is 11.0. The standard InChI is InChI=1S/C19H17NO4/c21-17(9-8-14-5-3-12-23-14)20-11-4-10-19(13-20)16-7-2-1-6-15(16)18(22)24-19/h1-3,5-9,12H,4,10-11,13H2/b9-8+/t19-/m0/s1. The summed E-state index contributed by atoms with van der Waals surface area (Å²) >= 11 is 0. The lowest BCUT2D eigenvalue weighted by Gasteiger charge is -2.39. The molecule has 5 nitrogen and oxygen atoms in total. The van der Waals surface area contributed by atoms with Gasteiger partial charge in [0, 0.05) is 18.2 Å². The number of furan rings is 1. The smallest absolute Gasteiger partial charge is 0.339 e. The number of esters is 1. The molecule has 1 amide bonds. The molecule has 0 unspecified atom stereocenters. The summed E-state index contributed by atoms with van der Waals surface area (Å²) in [6.45, 7) is 1.04. The van der Waals surface area contributed by atoms with Crippen molar-refractivity contribution >= 4 is 18.0 Å². The molecule has 24 heavy (non-hydrogen) atoms. The molecule has 1 spiro atoms. The topological polar surface area (TPSA) is 59.8 Å². The lowest BCUT2D eigenvalue weighted by Crippen LogP contribution is -2.48. The van der Waals surface area contributed by atoms with Gasteiger partial charge >= 0.3 is 5.97 Å². The molecule has 2 aromatic rings. The van der Waals surface area contributed by atoms with Crippen LogP contribution in [0.1, 0.15) is 34.5 Å². The molecule has 0 radical (unpaired) electrons. The van der Waals surface area contributed by atoms with E-state index in [9.17, 15) is 9.59 Å². The highest BCUT2D eigenvalue weighted by atomic mass is 16.6. The second kappa shape index (κ2) is 5.67. The fourth-order valence-corrected chi connectivity index (χ4v) is 3.50. The summed E-state index contributed by atoms with van der Waals surface area (Å²) in [5, 5.41) is 0. The summed E-state index contributed by atoms with van der Waals surface area (Å²) in [5.74, 6) is 0.227. The highest BCUT2D eigenvalue weighted by molar-refractivity contribution is 5.95. The Bertz CT molecular complexity index is 809. The first-order valence-corrected chi connectivity index (χ1v) is 8.01.